The average molecular weight is 369 g/mol. The van der Waals surface area contributed by atoms with Crippen molar-refractivity contribution in [3.8, 4) is 0 Å². The molecule has 0 bridgehead atoms. The van der Waals surface area contributed by atoms with E-state index >= 15 is 0 Å². The van der Waals surface area contributed by atoms with Gasteiger partial charge in [-0.05, 0) is 43.9 Å². The minimum Gasteiger partial charge on any atom is -0.366 e. The molecule has 2 aliphatic rings. The molecule has 0 aliphatic carbocycles. The van der Waals surface area contributed by atoms with Crippen LogP contribution in [-0.4, -0.2) is 43.1 Å². The van der Waals surface area contributed by atoms with Crippen molar-refractivity contribution in [2.45, 2.75) is 32.2 Å². The van der Waals surface area contributed by atoms with Gasteiger partial charge in [-0.2, -0.15) is 0 Å². The molecule has 0 radical (unpaired) electrons. The summed E-state index contributed by atoms with van der Waals surface area (Å²) in [6.07, 6.45) is 2.96. The number of nitro benzene ring substituents is 1. The highest BCUT2D eigenvalue weighted by molar-refractivity contribution is 5.96. The summed E-state index contributed by atoms with van der Waals surface area (Å²) >= 11 is 0. The predicted molar refractivity (Wildman–Crippen MR) is 99.7 cm³/mol. The van der Waals surface area contributed by atoms with Crippen LogP contribution in [0.1, 0.15) is 36.5 Å². The fraction of sp³-hybridized carbons (Fsp3) is 0.588. The summed E-state index contributed by atoms with van der Waals surface area (Å²) in [7, 11) is 0. The highest BCUT2D eigenvalue weighted by Gasteiger charge is 2.25. The number of carbonyl (C=O) groups is 1. The van der Waals surface area contributed by atoms with E-state index in [1.54, 1.807) is 12.1 Å². The minimum atomic E-state index is -0.388. The third kappa shape index (κ3) is 4.61. The SMILES string of the molecule is CC1CCN(c2ccc(C(=O)NC3CCNC3)cc2[N+](=O)[O-])CC1.Cl. The summed E-state index contributed by atoms with van der Waals surface area (Å²) in [6, 6.07) is 4.92. The molecule has 2 fully saturated rings. The van der Waals surface area contributed by atoms with Crippen molar-refractivity contribution in [1.82, 2.24) is 10.6 Å². The Labute approximate surface area is 153 Å². The van der Waals surface area contributed by atoms with Gasteiger partial charge in [0.05, 0.1) is 4.92 Å². The van der Waals surface area contributed by atoms with Crippen LogP contribution in [0.4, 0.5) is 11.4 Å². The van der Waals surface area contributed by atoms with E-state index in [0.29, 0.717) is 17.2 Å². The summed E-state index contributed by atoms with van der Waals surface area (Å²) in [5.74, 6) is 0.413. The Morgan fingerprint density at radius 2 is 2.04 bits per heavy atom. The van der Waals surface area contributed by atoms with E-state index in [0.717, 1.165) is 45.4 Å². The van der Waals surface area contributed by atoms with Crippen LogP contribution >= 0.6 is 12.4 Å². The summed E-state index contributed by atoms with van der Waals surface area (Å²) in [6.45, 7) is 5.48. The molecule has 7 nitrogen and oxygen atoms in total. The van der Waals surface area contributed by atoms with Crippen LogP contribution in [0.15, 0.2) is 18.2 Å². The number of carbonyl (C=O) groups excluding carboxylic acids is 1. The number of hydrogen-bond donors (Lipinski definition) is 2. The fourth-order valence-corrected chi connectivity index (χ4v) is 3.37. The molecule has 0 saturated carbocycles. The Morgan fingerprint density at radius 3 is 2.64 bits per heavy atom. The van der Waals surface area contributed by atoms with Crippen molar-refractivity contribution >= 4 is 29.7 Å². The van der Waals surface area contributed by atoms with Crippen molar-refractivity contribution < 1.29 is 9.72 Å². The topological polar surface area (TPSA) is 87.5 Å². The van der Waals surface area contributed by atoms with Gasteiger partial charge in [0.15, 0.2) is 0 Å². The Balaban J connectivity index is 0.00000225. The molecular formula is C17H25ClN4O3. The lowest BCUT2D eigenvalue weighted by atomic mass is 9.98. The number of amides is 1. The zero-order valence-corrected chi connectivity index (χ0v) is 15.2. The average Bonchev–Trinajstić information content (AvgIpc) is 3.08. The second-order valence-corrected chi connectivity index (χ2v) is 6.79. The van der Waals surface area contributed by atoms with Gasteiger partial charge in [0.1, 0.15) is 5.69 Å². The van der Waals surface area contributed by atoms with Crippen LogP contribution in [0.2, 0.25) is 0 Å². The van der Waals surface area contributed by atoms with Crippen LogP contribution in [0.25, 0.3) is 0 Å². The number of nitrogens with one attached hydrogen (secondary N) is 2. The second-order valence-electron chi connectivity index (χ2n) is 6.79. The molecule has 2 heterocycles. The molecular weight excluding hydrogens is 344 g/mol. The van der Waals surface area contributed by atoms with Crippen molar-refractivity contribution in [3.63, 3.8) is 0 Å². The first-order valence-corrected chi connectivity index (χ1v) is 8.59. The second kappa shape index (κ2) is 8.49. The van der Waals surface area contributed by atoms with E-state index in [1.165, 1.54) is 6.07 Å². The molecule has 2 aliphatic heterocycles. The number of hydrogen-bond acceptors (Lipinski definition) is 5. The number of rotatable bonds is 4. The quantitative estimate of drug-likeness (QED) is 0.629. The van der Waals surface area contributed by atoms with Crippen molar-refractivity contribution in [2.24, 2.45) is 5.92 Å². The molecule has 0 aromatic heterocycles. The number of anilines is 1. The van der Waals surface area contributed by atoms with Crippen LogP contribution < -0.4 is 15.5 Å². The van der Waals surface area contributed by atoms with Crippen LogP contribution in [0.5, 0.6) is 0 Å². The van der Waals surface area contributed by atoms with E-state index < -0.39 is 0 Å². The molecule has 2 saturated heterocycles. The number of piperidine rings is 1. The maximum atomic E-state index is 12.3. The van der Waals surface area contributed by atoms with Crippen molar-refractivity contribution in [3.05, 3.63) is 33.9 Å². The number of nitrogens with zero attached hydrogens (tertiary/aromatic N) is 2. The van der Waals surface area contributed by atoms with Gasteiger partial charge >= 0.3 is 0 Å². The van der Waals surface area contributed by atoms with Crippen molar-refractivity contribution in [1.29, 1.82) is 0 Å². The third-order valence-electron chi connectivity index (χ3n) is 4.95. The third-order valence-corrected chi connectivity index (χ3v) is 4.95. The van der Waals surface area contributed by atoms with Gasteiger partial charge < -0.3 is 15.5 Å². The molecule has 2 N–H and O–H groups in total. The molecule has 1 atom stereocenters. The Hall–Kier alpha value is -1.86. The van der Waals surface area contributed by atoms with Gasteiger partial charge in [-0.25, -0.2) is 0 Å². The van der Waals surface area contributed by atoms with Crippen LogP contribution in [0.3, 0.4) is 0 Å². The van der Waals surface area contributed by atoms with E-state index in [9.17, 15) is 14.9 Å². The number of nitro groups is 1. The van der Waals surface area contributed by atoms with Crippen LogP contribution in [-0.2, 0) is 0 Å². The van der Waals surface area contributed by atoms with Crippen LogP contribution in [0, 0.1) is 16.0 Å². The van der Waals surface area contributed by atoms with Gasteiger partial charge in [0.25, 0.3) is 11.6 Å². The molecule has 1 amide bonds. The summed E-state index contributed by atoms with van der Waals surface area (Å²) in [4.78, 5) is 25.5. The lowest BCUT2D eigenvalue weighted by Gasteiger charge is -2.31. The molecule has 1 unspecified atom stereocenters. The summed E-state index contributed by atoms with van der Waals surface area (Å²) in [5, 5.41) is 17.6. The normalized spacial score (nSPS) is 20.8. The number of halogens is 1. The van der Waals surface area contributed by atoms with E-state index in [4.69, 9.17) is 0 Å². The smallest absolute Gasteiger partial charge is 0.293 e. The molecule has 3 rings (SSSR count). The Morgan fingerprint density at radius 1 is 1.32 bits per heavy atom. The first-order chi connectivity index (χ1) is 11.5. The standard InChI is InChI=1S/C17H24N4O3.ClH/c1-12-5-8-20(9-6-12)15-3-2-13(10-16(15)21(23)24)17(22)19-14-4-7-18-11-14;/h2-3,10,12,14,18H,4-9,11H2,1H3,(H,19,22);1H. The van der Waals surface area contributed by atoms with Gasteiger partial charge in [0, 0.05) is 37.3 Å². The number of benzene rings is 1. The predicted octanol–water partition coefficient (Wildman–Crippen LogP) is 2.34. The van der Waals surface area contributed by atoms with Gasteiger partial charge in [0.2, 0.25) is 0 Å². The Bertz CT molecular complexity index is 626. The maximum absolute atomic E-state index is 12.3. The highest BCUT2D eigenvalue weighted by atomic mass is 35.5. The van der Waals surface area contributed by atoms with E-state index in [2.05, 4.69) is 22.5 Å². The first-order valence-electron chi connectivity index (χ1n) is 8.59. The minimum absolute atomic E-state index is 0. The zero-order valence-electron chi connectivity index (χ0n) is 14.4. The molecule has 8 heteroatoms. The highest BCUT2D eigenvalue weighted by Crippen LogP contribution is 2.32. The zero-order chi connectivity index (χ0) is 17.1. The van der Waals surface area contributed by atoms with E-state index in [-0.39, 0.29) is 35.0 Å². The molecule has 138 valence electrons. The molecule has 1 aromatic rings. The molecule has 0 spiro atoms. The lowest BCUT2D eigenvalue weighted by Crippen LogP contribution is -2.36. The van der Waals surface area contributed by atoms with Gasteiger partial charge in [-0.3, -0.25) is 14.9 Å². The Kier molecular flexibility index (Phi) is 6.61. The maximum Gasteiger partial charge on any atom is 0.293 e. The molecule has 25 heavy (non-hydrogen) atoms. The van der Waals surface area contributed by atoms with Gasteiger partial charge in [-0.15, -0.1) is 12.4 Å². The van der Waals surface area contributed by atoms with Crippen molar-refractivity contribution in [2.75, 3.05) is 31.1 Å². The summed E-state index contributed by atoms with van der Waals surface area (Å²) < 4.78 is 0. The van der Waals surface area contributed by atoms with Gasteiger partial charge in [-0.1, -0.05) is 6.92 Å². The fourth-order valence-electron chi connectivity index (χ4n) is 3.37. The van der Waals surface area contributed by atoms with E-state index in [1.807, 2.05) is 0 Å². The first kappa shape index (κ1) is 19.5. The monoisotopic (exact) mass is 368 g/mol. The lowest BCUT2D eigenvalue weighted by molar-refractivity contribution is -0.384. The molecule has 1 aromatic carbocycles. The largest absolute Gasteiger partial charge is 0.366 e. The summed E-state index contributed by atoms with van der Waals surface area (Å²) in [5.41, 5.74) is 0.982.